The normalized spacial score (nSPS) is 17.0. The highest BCUT2D eigenvalue weighted by molar-refractivity contribution is 5.99. The predicted octanol–water partition coefficient (Wildman–Crippen LogP) is 3.13. The van der Waals surface area contributed by atoms with Crippen LogP contribution in [0.15, 0.2) is 28.8 Å². The van der Waals surface area contributed by atoms with Crippen LogP contribution < -0.4 is 5.32 Å². The van der Waals surface area contributed by atoms with Gasteiger partial charge in [0.05, 0.1) is 5.69 Å². The van der Waals surface area contributed by atoms with Crippen molar-refractivity contribution >= 4 is 16.9 Å². The maximum atomic E-state index is 13.4. The molecular weight excluding hydrogens is 309 g/mol. The van der Waals surface area contributed by atoms with Gasteiger partial charge in [-0.05, 0) is 38.5 Å². The summed E-state index contributed by atoms with van der Waals surface area (Å²) in [7, 11) is 0. The Kier molecular flexibility index (Phi) is 3.40. The minimum Gasteiger partial charge on any atom is -0.451 e. The maximum absolute atomic E-state index is 13.4. The second-order valence-electron chi connectivity index (χ2n) is 6.36. The molecule has 0 saturated carbocycles. The molecule has 6 heteroatoms. The number of nitrogens with one attached hydrogen (secondary N) is 1. The van der Waals surface area contributed by atoms with Crippen LogP contribution in [0.25, 0.3) is 11.0 Å². The summed E-state index contributed by atoms with van der Waals surface area (Å²) in [5.41, 5.74) is 2.18. The van der Waals surface area contributed by atoms with Gasteiger partial charge in [0.25, 0.3) is 5.91 Å². The van der Waals surface area contributed by atoms with E-state index in [2.05, 4.69) is 14.9 Å². The summed E-state index contributed by atoms with van der Waals surface area (Å²) < 4.78 is 21.1. The number of aromatic nitrogens is 2. The average molecular weight is 327 g/mol. The fourth-order valence-corrected chi connectivity index (χ4v) is 3.36. The molecule has 1 aliphatic rings. The second kappa shape index (κ2) is 5.47. The SMILES string of the molecule is Cc1cn2c(n1)CCC(NC(=O)c1oc3ccc(F)cc3c1C)C2. The molecule has 0 radical (unpaired) electrons. The van der Waals surface area contributed by atoms with E-state index in [1.54, 1.807) is 13.0 Å². The molecule has 5 nitrogen and oxygen atoms in total. The van der Waals surface area contributed by atoms with Crippen LogP contribution >= 0.6 is 0 Å². The minimum atomic E-state index is -0.339. The summed E-state index contributed by atoms with van der Waals surface area (Å²) in [5, 5.41) is 3.66. The predicted molar refractivity (Wildman–Crippen MR) is 87.4 cm³/mol. The highest BCUT2D eigenvalue weighted by Crippen LogP contribution is 2.26. The Labute approximate surface area is 138 Å². The van der Waals surface area contributed by atoms with Crippen molar-refractivity contribution in [1.29, 1.82) is 0 Å². The Morgan fingerprint density at radius 2 is 2.25 bits per heavy atom. The standard InChI is InChI=1S/C18H18FN3O2/c1-10-8-22-9-13(4-6-16(22)20-10)21-18(23)17-11(2)14-7-12(19)3-5-15(14)24-17/h3,5,7-8,13H,4,6,9H2,1-2H3,(H,21,23). The molecular formula is C18H18FN3O2. The first kappa shape index (κ1) is 14.9. The van der Waals surface area contributed by atoms with E-state index < -0.39 is 0 Å². The average Bonchev–Trinajstić information content (AvgIpc) is 3.06. The molecule has 3 aromatic rings. The van der Waals surface area contributed by atoms with E-state index in [9.17, 15) is 9.18 Å². The van der Waals surface area contributed by atoms with Gasteiger partial charge < -0.3 is 14.3 Å². The number of nitrogens with zero attached hydrogens (tertiary/aromatic N) is 2. The van der Waals surface area contributed by atoms with Crippen LogP contribution in [0.3, 0.4) is 0 Å². The van der Waals surface area contributed by atoms with Crippen molar-refractivity contribution in [2.45, 2.75) is 39.3 Å². The molecule has 0 bridgehead atoms. The molecule has 4 rings (SSSR count). The molecule has 2 aromatic heterocycles. The molecule has 0 aliphatic carbocycles. The van der Waals surface area contributed by atoms with Crippen molar-refractivity contribution < 1.29 is 13.6 Å². The summed E-state index contributed by atoms with van der Waals surface area (Å²) in [6.45, 7) is 4.45. The smallest absolute Gasteiger partial charge is 0.287 e. The van der Waals surface area contributed by atoms with Crippen LogP contribution in [0.1, 0.15) is 34.1 Å². The molecule has 0 saturated heterocycles. The summed E-state index contributed by atoms with van der Waals surface area (Å²) >= 11 is 0. The first-order chi connectivity index (χ1) is 11.5. The lowest BCUT2D eigenvalue weighted by Gasteiger charge is -2.24. The zero-order chi connectivity index (χ0) is 16.8. The Bertz CT molecular complexity index is 941. The second-order valence-corrected chi connectivity index (χ2v) is 6.36. The number of carbonyl (C=O) groups is 1. The number of fused-ring (bicyclic) bond motifs is 2. The third-order valence-electron chi connectivity index (χ3n) is 4.55. The number of benzene rings is 1. The fraction of sp³-hybridized carbons (Fsp3) is 0.333. The van der Waals surface area contributed by atoms with Gasteiger partial charge in [0.2, 0.25) is 0 Å². The lowest BCUT2D eigenvalue weighted by Crippen LogP contribution is -2.40. The molecule has 1 N–H and O–H groups in total. The number of rotatable bonds is 2. The van der Waals surface area contributed by atoms with Crippen LogP contribution in [-0.4, -0.2) is 21.5 Å². The molecule has 3 heterocycles. The number of imidazole rings is 1. The number of halogens is 1. The molecule has 124 valence electrons. The minimum absolute atomic E-state index is 0.0305. The third kappa shape index (κ3) is 2.48. The molecule has 0 spiro atoms. The maximum Gasteiger partial charge on any atom is 0.287 e. The molecule has 1 aliphatic heterocycles. The monoisotopic (exact) mass is 327 g/mol. The van der Waals surface area contributed by atoms with Crippen molar-refractivity contribution in [2.24, 2.45) is 0 Å². The van der Waals surface area contributed by atoms with Gasteiger partial charge >= 0.3 is 0 Å². The first-order valence-electron chi connectivity index (χ1n) is 8.03. The number of furan rings is 1. The summed E-state index contributed by atoms with van der Waals surface area (Å²) in [4.78, 5) is 17.1. The van der Waals surface area contributed by atoms with E-state index in [0.29, 0.717) is 23.1 Å². The Hall–Kier alpha value is -2.63. The molecule has 1 amide bonds. The number of hydrogen-bond donors (Lipinski definition) is 1. The van der Waals surface area contributed by atoms with Gasteiger partial charge in [0, 0.05) is 36.2 Å². The van der Waals surface area contributed by atoms with Crippen LogP contribution in [0.5, 0.6) is 0 Å². The summed E-state index contributed by atoms with van der Waals surface area (Å²) in [6, 6.07) is 4.31. The summed E-state index contributed by atoms with van der Waals surface area (Å²) in [6.07, 6.45) is 3.68. The van der Waals surface area contributed by atoms with Crippen LogP contribution in [0.4, 0.5) is 4.39 Å². The first-order valence-corrected chi connectivity index (χ1v) is 8.03. The van der Waals surface area contributed by atoms with Gasteiger partial charge in [-0.2, -0.15) is 0 Å². The van der Waals surface area contributed by atoms with Gasteiger partial charge in [-0.1, -0.05) is 0 Å². The van der Waals surface area contributed by atoms with Crippen molar-refractivity contribution in [3.63, 3.8) is 0 Å². The zero-order valence-corrected chi connectivity index (χ0v) is 13.6. The van der Waals surface area contributed by atoms with Gasteiger partial charge in [0.1, 0.15) is 17.2 Å². The van der Waals surface area contributed by atoms with Crippen LogP contribution in [0.2, 0.25) is 0 Å². The molecule has 1 atom stereocenters. The van der Waals surface area contributed by atoms with Crippen molar-refractivity contribution in [2.75, 3.05) is 0 Å². The molecule has 0 fully saturated rings. The number of carbonyl (C=O) groups excluding carboxylic acids is 1. The summed E-state index contributed by atoms with van der Waals surface area (Å²) in [5.74, 6) is 0.722. The van der Waals surface area contributed by atoms with Crippen molar-refractivity contribution in [3.05, 3.63) is 53.1 Å². The van der Waals surface area contributed by atoms with Gasteiger partial charge in [-0.15, -0.1) is 0 Å². The Morgan fingerprint density at radius 3 is 3.08 bits per heavy atom. The molecule has 1 unspecified atom stereocenters. The van der Waals surface area contributed by atoms with E-state index in [1.807, 2.05) is 13.1 Å². The highest BCUT2D eigenvalue weighted by Gasteiger charge is 2.24. The fourth-order valence-electron chi connectivity index (χ4n) is 3.36. The van der Waals surface area contributed by atoms with Crippen LogP contribution in [-0.2, 0) is 13.0 Å². The van der Waals surface area contributed by atoms with E-state index in [4.69, 9.17) is 4.42 Å². The molecule has 24 heavy (non-hydrogen) atoms. The lowest BCUT2D eigenvalue weighted by atomic mass is 10.1. The quantitative estimate of drug-likeness (QED) is 0.787. The van der Waals surface area contributed by atoms with Gasteiger partial charge in [0.15, 0.2) is 5.76 Å². The van der Waals surface area contributed by atoms with E-state index >= 15 is 0 Å². The third-order valence-corrected chi connectivity index (χ3v) is 4.55. The van der Waals surface area contributed by atoms with Crippen molar-refractivity contribution in [3.8, 4) is 0 Å². The zero-order valence-electron chi connectivity index (χ0n) is 13.6. The molecule has 1 aromatic carbocycles. The largest absolute Gasteiger partial charge is 0.451 e. The van der Waals surface area contributed by atoms with Crippen LogP contribution in [0, 0.1) is 19.7 Å². The van der Waals surface area contributed by atoms with E-state index in [1.165, 1.54) is 12.1 Å². The number of amides is 1. The highest BCUT2D eigenvalue weighted by atomic mass is 19.1. The number of hydrogen-bond acceptors (Lipinski definition) is 3. The van der Waals surface area contributed by atoms with E-state index in [-0.39, 0.29) is 23.5 Å². The number of aryl methyl sites for hydroxylation is 3. The lowest BCUT2D eigenvalue weighted by molar-refractivity contribution is 0.0900. The van der Waals surface area contributed by atoms with Crippen molar-refractivity contribution in [1.82, 2.24) is 14.9 Å². The Morgan fingerprint density at radius 1 is 1.42 bits per heavy atom. The van der Waals surface area contributed by atoms with E-state index in [0.717, 1.165) is 24.4 Å². The van der Waals surface area contributed by atoms with Gasteiger partial charge in [-0.3, -0.25) is 4.79 Å². The van der Waals surface area contributed by atoms with Gasteiger partial charge in [-0.25, -0.2) is 9.37 Å². The Balaban J connectivity index is 1.56. The topological polar surface area (TPSA) is 60.1 Å².